The SMILES string of the molecule is Cc1ccc(C)c(NC(=O)CSc2nc3c([nH]c4ccccc43)c(=O)n2-c2cc(C)ccc2C)c1. The summed E-state index contributed by atoms with van der Waals surface area (Å²) in [7, 11) is 0. The molecule has 2 heterocycles. The van der Waals surface area contributed by atoms with Gasteiger partial charge >= 0.3 is 0 Å². The molecule has 0 aliphatic carbocycles. The highest BCUT2D eigenvalue weighted by atomic mass is 32.2. The quantitative estimate of drug-likeness (QED) is 0.244. The maximum absolute atomic E-state index is 13.8. The molecule has 0 radical (unpaired) electrons. The summed E-state index contributed by atoms with van der Waals surface area (Å²) in [5, 5.41) is 4.36. The second-order valence-corrected chi connectivity index (χ2v) is 9.82. The fraction of sp³-hybridized carbons (Fsp3) is 0.179. The summed E-state index contributed by atoms with van der Waals surface area (Å²) >= 11 is 1.26. The largest absolute Gasteiger partial charge is 0.349 e. The van der Waals surface area contributed by atoms with Crippen molar-refractivity contribution in [1.29, 1.82) is 0 Å². The van der Waals surface area contributed by atoms with Crippen molar-refractivity contribution in [2.75, 3.05) is 11.1 Å². The van der Waals surface area contributed by atoms with E-state index in [0.717, 1.165) is 44.5 Å². The summed E-state index contributed by atoms with van der Waals surface area (Å²) in [5.41, 5.74) is 7.37. The zero-order chi connectivity index (χ0) is 24.7. The van der Waals surface area contributed by atoms with Crippen molar-refractivity contribution in [3.63, 3.8) is 0 Å². The van der Waals surface area contributed by atoms with Crippen LogP contribution in [-0.4, -0.2) is 26.2 Å². The second kappa shape index (κ2) is 9.07. The van der Waals surface area contributed by atoms with Crippen LogP contribution in [0.25, 0.3) is 27.6 Å². The average Bonchev–Trinajstić information content (AvgIpc) is 3.21. The monoisotopic (exact) mass is 482 g/mol. The molecule has 2 aromatic heterocycles. The first-order chi connectivity index (χ1) is 16.8. The summed E-state index contributed by atoms with van der Waals surface area (Å²) in [6, 6.07) is 19.7. The van der Waals surface area contributed by atoms with Gasteiger partial charge in [0.2, 0.25) is 5.91 Å². The van der Waals surface area contributed by atoms with Gasteiger partial charge in [0.1, 0.15) is 11.0 Å². The molecule has 0 saturated heterocycles. The van der Waals surface area contributed by atoms with Crippen LogP contribution in [-0.2, 0) is 4.79 Å². The van der Waals surface area contributed by atoms with Gasteiger partial charge in [-0.1, -0.05) is 54.2 Å². The summed E-state index contributed by atoms with van der Waals surface area (Å²) in [5.74, 6) is -0.0251. The average molecular weight is 483 g/mol. The zero-order valence-corrected chi connectivity index (χ0v) is 20.9. The molecule has 5 rings (SSSR count). The summed E-state index contributed by atoms with van der Waals surface area (Å²) in [4.78, 5) is 34.8. The highest BCUT2D eigenvalue weighted by Crippen LogP contribution is 2.28. The molecule has 0 fully saturated rings. The van der Waals surface area contributed by atoms with Crippen LogP contribution in [0.15, 0.2) is 70.6 Å². The number of anilines is 1. The van der Waals surface area contributed by atoms with Gasteiger partial charge in [-0.15, -0.1) is 0 Å². The van der Waals surface area contributed by atoms with Gasteiger partial charge in [0.25, 0.3) is 5.56 Å². The van der Waals surface area contributed by atoms with Crippen molar-refractivity contribution in [3.8, 4) is 5.69 Å². The fourth-order valence-corrected chi connectivity index (χ4v) is 5.00. The maximum Gasteiger partial charge on any atom is 0.283 e. The number of amides is 1. The molecule has 0 bridgehead atoms. The van der Waals surface area contributed by atoms with Gasteiger partial charge in [0, 0.05) is 16.6 Å². The lowest BCUT2D eigenvalue weighted by atomic mass is 10.1. The van der Waals surface area contributed by atoms with Gasteiger partial charge in [0.05, 0.1) is 11.4 Å². The minimum absolute atomic E-state index is 0.124. The predicted octanol–water partition coefficient (Wildman–Crippen LogP) is 5.83. The number of hydrogen-bond acceptors (Lipinski definition) is 4. The van der Waals surface area contributed by atoms with Gasteiger partial charge in [-0.2, -0.15) is 0 Å². The number of carbonyl (C=O) groups is 1. The molecule has 7 heteroatoms. The van der Waals surface area contributed by atoms with Crippen molar-refractivity contribution >= 4 is 45.3 Å². The van der Waals surface area contributed by atoms with Gasteiger partial charge in [-0.3, -0.25) is 14.2 Å². The first kappa shape index (κ1) is 22.9. The molecular formula is C28H26N4O2S. The van der Waals surface area contributed by atoms with E-state index >= 15 is 0 Å². The van der Waals surface area contributed by atoms with Crippen LogP contribution in [0, 0.1) is 27.7 Å². The lowest BCUT2D eigenvalue weighted by Crippen LogP contribution is -2.23. The molecule has 176 valence electrons. The third-order valence-corrected chi connectivity index (χ3v) is 7.04. The highest BCUT2D eigenvalue weighted by molar-refractivity contribution is 7.99. The van der Waals surface area contributed by atoms with Crippen molar-refractivity contribution < 1.29 is 4.79 Å². The Labute approximate surface area is 207 Å². The maximum atomic E-state index is 13.8. The number of aryl methyl sites for hydroxylation is 4. The van der Waals surface area contributed by atoms with E-state index in [9.17, 15) is 9.59 Å². The van der Waals surface area contributed by atoms with E-state index in [1.54, 1.807) is 4.57 Å². The fourth-order valence-electron chi connectivity index (χ4n) is 4.20. The molecule has 0 atom stereocenters. The van der Waals surface area contributed by atoms with Gasteiger partial charge in [-0.05, 0) is 68.1 Å². The zero-order valence-electron chi connectivity index (χ0n) is 20.1. The van der Waals surface area contributed by atoms with Crippen LogP contribution in [0.3, 0.4) is 0 Å². The molecule has 3 aromatic carbocycles. The van der Waals surface area contributed by atoms with Crippen LogP contribution in [0.1, 0.15) is 22.3 Å². The summed E-state index contributed by atoms with van der Waals surface area (Å²) < 4.78 is 1.62. The molecule has 0 aliphatic heterocycles. The number of benzene rings is 3. The molecule has 2 N–H and O–H groups in total. The van der Waals surface area contributed by atoms with E-state index in [-0.39, 0.29) is 17.2 Å². The molecule has 0 spiro atoms. The molecule has 6 nitrogen and oxygen atoms in total. The number of thioether (sulfide) groups is 1. The standard InChI is InChI=1S/C28H26N4O2S/c1-16-9-11-18(3)22(13-16)29-24(33)15-35-28-31-25-20-7-5-6-8-21(20)30-26(25)27(34)32(28)23-14-17(2)10-12-19(23)4/h5-14,30H,15H2,1-4H3,(H,29,33). The number of hydrogen-bond donors (Lipinski definition) is 2. The van der Waals surface area contributed by atoms with Crippen LogP contribution < -0.4 is 10.9 Å². The third kappa shape index (κ3) is 4.35. The van der Waals surface area contributed by atoms with Crippen molar-refractivity contribution in [3.05, 3.63) is 93.3 Å². The number of nitrogens with zero attached hydrogens (tertiary/aromatic N) is 2. The number of fused-ring (bicyclic) bond motifs is 3. The molecule has 0 saturated carbocycles. The van der Waals surface area contributed by atoms with Gasteiger partial charge in [0.15, 0.2) is 5.16 Å². The number of aromatic amines is 1. The minimum atomic E-state index is -0.183. The van der Waals surface area contributed by atoms with Crippen LogP contribution in [0.2, 0.25) is 0 Å². The van der Waals surface area contributed by atoms with Crippen molar-refractivity contribution in [2.24, 2.45) is 0 Å². The molecule has 0 aliphatic rings. The van der Waals surface area contributed by atoms with Crippen LogP contribution in [0.4, 0.5) is 5.69 Å². The summed E-state index contributed by atoms with van der Waals surface area (Å²) in [6.45, 7) is 7.92. The number of H-pyrrole nitrogens is 1. The van der Waals surface area contributed by atoms with E-state index in [1.807, 2.05) is 88.4 Å². The van der Waals surface area contributed by atoms with E-state index in [2.05, 4.69) is 10.3 Å². The molecule has 35 heavy (non-hydrogen) atoms. The minimum Gasteiger partial charge on any atom is -0.349 e. The Morgan fingerprint density at radius 2 is 1.69 bits per heavy atom. The Morgan fingerprint density at radius 3 is 2.49 bits per heavy atom. The summed E-state index contributed by atoms with van der Waals surface area (Å²) in [6.07, 6.45) is 0. The topological polar surface area (TPSA) is 79.8 Å². The smallest absolute Gasteiger partial charge is 0.283 e. The van der Waals surface area contributed by atoms with E-state index in [1.165, 1.54) is 11.8 Å². The number of rotatable bonds is 5. The Morgan fingerprint density at radius 1 is 0.971 bits per heavy atom. The van der Waals surface area contributed by atoms with Crippen LogP contribution in [0.5, 0.6) is 0 Å². The number of carbonyl (C=O) groups excluding carboxylic acids is 1. The first-order valence-electron chi connectivity index (χ1n) is 11.4. The third-order valence-electron chi connectivity index (χ3n) is 6.10. The Bertz CT molecular complexity index is 1670. The number of nitrogens with one attached hydrogen (secondary N) is 2. The Hall–Kier alpha value is -3.84. The normalized spacial score (nSPS) is 11.3. The predicted molar refractivity (Wildman–Crippen MR) is 144 cm³/mol. The van der Waals surface area contributed by atoms with Crippen molar-refractivity contribution in [1.82, 2.24) is 14.5 Å². The Balaban J connectivity index is 1.59. The number of para-hydroxylation sites is 1. The van der Waals surface area contributed by atoms with Gasteiger partial charge in [-0.25, -0.2) is 4.98 Å². The lowest BCUT2D eigenvalue weighted by molar-refractivity contribution is -0.113. The Kier molecular flexibility index (Phi) is 5.94. The second-order valence-electron chi connectivity index (χ2n) is 8.87. The molecular weight excluding hydrogens is 456 g/mol. The van der Waals surface area contributed by atoms with E-state index < -0.39 is 0 Å². The van der Waals surface area contributed by atoms with Crippen LogP contribution >= 0.6 is 11.8 Å². The van der Waals surface area contributed by atoms with E-state index in [4.69, 9.17) is 4.98 Å². The van der Waals surface area contributed by atoms with Crippen molar-refractivity contribution in [2.45, 2.75) is 32.9 Å². The van der Waals surface area contributed by atoms with E-state index in [0.29, 0.717) is 16.2 Å². The molecule has 5 aromatic rings. The number of aromatic nitrogens is 3. The highest BCUT2D eigenvalue weighted by Gasteiger charge is 2.19. The molecule has 1 amide bonds. The lowest BCUT2D eigenvalue weighted by Gasteiger charge is -2.15. The van der Waals surface area contributed by atoms with Gasteiger partial charge < -0.3 is 10.3 Å². The molecule has 0 unspecified atom stereocenters. The first-order valence-corrected chi connectivity index (χ1v) is 12.4.